The molecule has 0 N–H and O–H groups in total. The monoisotopic (exact) mass is 311 g/mol. The SMILES string of the molecule is COC(=O)c1ccc(CN2CCCC2=O)c(Br)c1. The van der Waals surface area contributed by atoms with Gasteiger partial charge in [0.05, 0.1) is 12.7 Å². The number of hydrogen-bond donors (Lipinski definition) is 0. The third-order valence-electron chi connectivity index (χ3n) is 3.01. The van der Waals surface area contributed by atoms with Crippen LogP contribution >= 0.6 is 15.9 Å². The molecule has 5 heteroatoms. The fraction of sp³-hybridized carbons (Fsp3) is 0.385. The number of esters is 1. The van der Waals surface area contributed by atoms with E-state index in [1.165, 1.54) is 7.11 Å². The van der Waals surface area contributed by atoms with Crippen LogP contribution in [0.25, 0.3) is 0 Å². The Balaban J connectivity index is 2.14. The molecule has 1 saturated heterocycles. The average Bonchev–Trinajstić information content (AvgIpc) is 2.76. The van der Waals surface area contributed by atoms with E-state index < -0.39 is 0 Å². The number of carbonyl (C=O) groups excluding carboxylic acids is 2. The number of ether oxygens (including phenoxy) is 1. The van der Waals surface area contributed by atoms with Crippen molar-refractivity contribution in [1.29, 1.82) is 0 Å². The molecule has 0 unspecified atom stereocenters. The molecule has 18 heavy (non-hydrogen) atoms. The molecule has 2 rings (SSSR count). The Bertz CT molecular complexity index is 487. The summed E-state index contributed by atoms with van der Waals surface area (Å²) in [7, 11) is 1.35. The van der Waals surface area contributed by atoms with Gasteiger partial charge in [0.15, 0.2) is 0 Å². The van der Waals surface area contributed by atoms with Gasteiger partial charge in [-0.05, 0) is 24.1 Å². The van der Waals surface area contributed by atoms with Gasteiger partial charge in [0, 0.05) is 24.0 Å². The smallest absolute Gasteiger partial charge is 0.337 e. The zero-order chi connectivity index (χ0) is 13.1. The predicted octanol–water partition coefficient (Wildman–Crippen LogP) is 2.36. The molecule has 0 radical (unpaired) electrons. The minimum Gasteiger partial charge on any atom is -0.465 e. The van der Waals surface area contributed by atoms with Gasteiger partial charge in [-0.15, -0.1) is 0 Å². The molecule has 0 spiro atoms. The Morgan fingerprint density at radius 3 is 2.83 bits per heavy atom. The summed E-state index contributed by atoms with van der Waals surface area (Å²) in [5.74, 6) is -0.168. The van der Waals surface area contributed by atoms with Crippen LogP contribution in [0.3, 0.4) is 0 Å². The van der Waals surface area contributed by atoms with Crippen LogP contribution in [0, 0.1) is 0 Å². The van der Waals surface area contributed by atoms with E-state index in [4.69, 9.17) is 0 Å². The zero-order valence-corrected chi connectivity index (χ0v) is 11.7. The largest absolute Gasteiger partial charge is 0.465 e. The Morgan fingerprint density at radius 2 is 2.28 bits per heavy atom. The quantitative estimate of drug-likeness (QED) is 0.805. The summed E-state index contributed by atoms with van der Waals surface area (Å²) in [6.07, 6.45) is 1.56. The molecule has 4 nitrogen and oxygen atoms in total. The molecule has 0 atom stereocenters. The number of amides is 1. The first-order valence-corrected chi connectivity index (χ1v) is 6.55. The van der Waals surface area contributed by atoms with Crippen LogP contribution in [0.1, 0.15) is 28.8 Å². The Hall–Kier alpha value is -1.36. The van der Waals surface area contributed by atoms with Gasteiger partial charge in [0.25, 0.3) is 0 Å². The van der Waals surface area contributed by atoms with Crippen LogP contribution < -0.4 is 0 Å². The molecular formula is C13H14BrNO3. The molecule has 96 valence electrons. The van der Waals surface area contributed by atoms with Crippen molar-refractivity contribution in [3.8, 4) is 0 Å². The van der Waals surface area contributed by atoms with E-state index in [2.05, 4.69) is 20.7 Å². The van der Waals surface area contributed by atoms with Crippen molar-refractivity contribution in [1.82, 2.24) is 4.90 Å². The van der Waals surface area contributed by atoms with Crippen molar-refractivity contribution >= 4 is 27.8 Å². The lowest BCUT2D eigenvalue weighted by Gasteiger charge is -2.16. The average molecular weight is 312 g/mol. The Labute approximate surface area is 114 Å². The van der Waals surface area contributed by atoms with Gasteiger partial charge in [-0.1, -0.05) is 22.0 Å². The van der Waals surface area contributed by atoms with Crippen molar-refractivity contribution in [2.45, 2.75) is 19.4 Å². The molecular weight excluding hydrogens is 298 g/mol. The van der Waals surface area contributed by atoms with Crippen molar-refractivity contribution in [2.75, 3.05) is 13.7 Å². The lowest BCUT2D eigenvalue weighted by Crippen LogP contribution is -2.24. The first kappa shape index (κ1) is 13.1. The molecule has 1 aliphatic rings. The second-order valence-corrected chi connectivity index (χ2v) is 5.07. The van der Waals surface area contributed by atoms with E-state index in [9.17, 15) is 9.59 Å². The van der Waals surface area contributed by atoms with E-state index in [1.807, 2.05) is 11.0 Å². The summed E-state index contributed by atoms with van der Waals surface area (Å²) in [5, 5.41) is 0. The fourth-order valence-electron chi connectivity index (χ4n) is 2.00. The number of benzene rings is 1. The van der Waals surface area contributed by atoms with E-state index in [-0.39, 0.29) is 11.9 Å². The van der Waals surface area contributed by atoms with E-state index >= 15 is 0 Å². The molecule has 0 aliphatic carbocycles. The molecule has 1 aromatic rings. The fourth-order valence-corrected chi connectivity index (χ4v) is 2.50. The van der Waals surface area contributed by atoms with Crippen molar-refractivity contribution in [3.63, 3.8) is 0 Å². The zero-order valence-electron chi connectivity index (χ0n) is 10.1. The number of hydrogen-bond acceptors (Lipinski definition) is 3. The van der Waals surface area contributed by atoms with E-state index in [1.54, 1.807) is 12.1 Å². The highest BCUT2D eigenvalue weighted by atomic mass is 79.9. The van der Waals surface area contributed by atoms with Gasteiger partial charge < -0.3 is 9.64 Å². The summed E-state index contributed by atoms with van der Waals surface area (Å²) < 4.78 is 5.48. The summed E-state index contributed by atoms with van der Waals surface area (Å²) in [5.41, 5.74) is 1.50. The number of nitrogens with zero attached hydrogens (tertiary/aromatic N) is 1. The lowest BCUT2D eigenvalue weighted by atomic mass is 10.1. The van der Waals surface area contributed by atoms with E-state index in [0.29, 0.717) is 18.5 Å². The van der Waals surface area contributed by atoms with Crippen LogP contribution in [0.15, 0.2) is 22.7 Å². The molecule has 1 amide bonds. The number of halogens is 1. The molecule has 1 aromatic carbocycles. The normalized spacial score (nSPS) is 15.0. The third kappa shape index (κ3) is 2.72. The minimum atomic E-state index is -0.362. The van der Waals surface area contributed by atoms with Gasteiger partial charge in [-0.2, -0.15) is 0 Å². The number of likely N-dealkylation sites (tertiary alicyclic amines) is 1. The van der Waals surface area contributed by atoms with Crippen LogP contribution in [0.2, 0.25) is 0 Å². The predicted molar refractivity (Wildman–Crippen MR) is 70.1 cm³/mol. The maximum atomic E-state index is 11.5. The van der Waals surface area contributed by atoms with Gasteiger partial charge in [-0.3, -0.25) is 4.79 Å². The minimum absolute atomic E-state index is 0.193. The number of carbonyl (C=O) groups is 2. The van der Waals surface area contributed by atoms with Crippen LogP contribution in [0.5, 0.6) is 0 Å². The molecule has 1 fully saturated rings. The molecule has 1 aliphatic heterocycles. The standard InChI is InChI=1S/C13H14BrNO3/c1-18-13(17)9-4-5-10(11(14)7-9)8-15-6-2-3-12(15)16/h4-5,7H,2-3,6,8H2,1H3. The summed E-state index contributed by atoms with van der Waals surface area (Å²) in [6, 6.07) is 5.29. The molecule has 0 bridgehead atoms. The van der Waals surface area contributed by atoms with Gasteiger partial charge in [-0.25, -0.2) is 4.79 Å². The summed E-state index contributed by atoms with van der Waals surface area (Å²) in [6.45, 7) is 1.39. The molecule has 1 heterocycles. The highest BCUT2D eigenvalue weighted by molar-refractivity contribution is 9.10. The highest BCUT2D eigenvalue weighted by Gasteiger charge is 2.21. The maximum Gasteiger partial charge on any atom is 0.337 e. The van der Waals surface area contributed by atoms with Gasteiger partial charge >= 0.3 is 5.97 Å². The maximum absolute atomic E-state index is 11.5. The molecule has 0 saturated carbocycles. The number of rotatable bonds is 3. The van der Waals surface area contributed by atoms with E-state index in [0.717, 1.165) is 23.0 Å². The summed E-state index contributed by atoms with van der Waals surface area (Å²) in [4.78, 5) is 24.7. The Morgan fingerprint density at radius 1 is 1.50 bits per heavy atom. The van der Waals surface area contributed by atoms with Crippen LogP contribution in [-0.2, 0) is 16.1 Å². The first-order chi connectivity index (χ1) is 8.61. The summed E-state index contributed by atoms with van der Waals surface area (Å²) >= 11 is 3.43. The molecule has 0 aromatic heterocycles. The first-order valence-electron chi connectivity index (χ1n) is 5.76. The second kappa shape index (κ2) is 5.52. The van der Waals surface area contributed by atoms with Crippen LogP contribution in [-0.4, -0.2) is 30.4 Å². The Kier molecular flexibility index (Phi) is 4.01. The van der Waals surface area contributed by atoms with Crippen molar-refractivity contribution in [3.05, 3.63) is 33.8 Å². The second-order valence-electron chi connectivity index (χ2n) is 4.22. The lowest BCUT2D eigenvalue weighted by molar-refractivity contribution is -0.128. The van der Waals surface area contributed by atoms with Crippen molar-refractivity contribution in [2.24, 2.45) is 0 Å². The van der Waals surface area contributed by atoms with Gasteiger partial charge in [0.2, 0.25) is 5.91 Å². The highest BCUT2D eigenvalue weighted by Crippen LogP contribution is 2.23. The topological polar surface area (TPSA) is 46.6 Å². The van der Waals surface area contributed by atoms with Crippen molar-refractivity contribution < 1.29 is 14.3 Å². The van der Waals surface area contributed by atoms with Gasteiger partial charge in [0.1, 0.15) is 0 Å². The number of methoxy groups -OCH3 is 1. The van der Waals surface area contributed by atoms with Crippen LogP contribution in [0.4, 0.5) is 0 Å². The third-order valence-corrected chi connectivity index (χ3v) is 3.74.